The number of carbonyl (C=O) groups is 2. The van der Waals surface area contributed by atoms with E-state index in [-0.39, 0.29) is 5.91 Å². The van der Waals surface area contributed by atoms with Gasteiger partial charge in [-0.3, -0.25) is 9.59 Å². The third kappa shape index (κ3) is 4.37. The fourth-order valence-corrected chi connectivity index (χ4v) is 0.831. The summed E-state index contributed by atoms with van der Waals surface area (Å²) in [6.45, 7) is 5.14. The van der Waals surface area contributed by atoms with Crippen molar-refractivity contribution in [2.45, 2.75) is 25.8 Å². The van der Waals surface area contributed by atoms with Crippen LogP contribution in [0.5, 0.6) is 0 Å². The molecule has 0 aromatic carbocycles. The number of aliphatic imine (C=N–C) groups is 1. The van der Waals surface area contributed by atoms with Crippen molar-refractivity contribution in [1.29, 1.82) is 0 Å². The predicted molar refractivity (Wildman–Crippen MR) is 50.4 cm³/mol. The minimum Gasteiger partial charge on any atom is -0.344 e. The normalized spacial score (nSPS) is 11.8. The fourth-order valence-electron chi connectivity index (χ4n) is 0.831. The van der Waals surface area contributed by atoms with E-state index in [1.165, 1.54) is 0 Å². The van der Waals surface area contributed by atoms with Crippen LogP contribution >= 0.6 is 0 Å². The summed E-state index contributed by atoms with van der Waals surface area (Å²) in [6.07, 6.45) is 0.731. The molecule has 1 atom stereocenters. The van der Waals surface area contributed by atoms with Crippen molar-refractivity contribution >= 4 is 18.5 Å². The van der Waals surface area contributed by atoms with Gasteiger partial charge in [0, 0.05) is 6.42 Å². The largest absolute Gasteiger partial charge is 0.344 e. The molecule has 0 aromatic rings. The molecule has 0 aliphatic heterocycles. The standard InChI is InChI=1S/C8H15N3O2/c1-3-7(12)11-6(4-5-9)8(13)10-2/h6H,2-5,9H2,1H3,(H,11,12)/t6-/m0/s1. The Morgan fingerprint density at radius 1 is 1.62 bits per heavy atom. The van der Waals surface area contributed by atoms with Crippen LogP contribution in [0.2, 0.25) is 0 Å². The van der Waals surface area contributed by atoms with Gasteiger partial charge in [-0.1, -0.05) is 6.92 Å². The number of rotatable bonds is 5. The molecule has 0 bridgehead atoms. The van der Waals surface area contributed by atoms with E-state index >= 15 is 0 Å². The molecular formula is C8H15N3O2. The quantitative estimate of drug-likeness (QED) is 0.564. The summed E-state index contributed by atoms with van der Waals surface area (Å²) in [5.41, 5.74) is 5.27. The van der Waals surface area contributed by atoms with Crippen LogP contribution in [-0.2, 0) is 9.59 Å². The molecule has 0 unspecified atom stereocenters. The lowest BCUT2D eigenvalue weighted by molar-refractivity contribution is -0.127. The Balaban J connectivity index is 4.16. The number of nitrogens with one attached hydrogen (secondary N) is 1. The van der Waals surface area contributed by atoms with E-state index in [1.807, 2.05) is 0 Å². The van der Waals surface area contributed by atoms with Crippen LogP contribution in [-0.4, -0.2) is 31.1 Å². The average molecular weight is 185 g/mol. The van der Waals surface area contributed by atoms with E-state index in [9.17, 15) is 9.59 Å². The van der Waals surface area contributed by atoms with Gasteiger partial charge in [0.2, 0.25) is 5.91 Å². The third-order valence-corrected chi connectivity index (χ3v) is 1.57. The van der Waals surface area contributed by atoms with Crippen molar-refractivity contribution in [3.8, 4) is 0 Å². The van der Waals surface area contributed by atoms with Gasteiger partial charge in [0.05, 0.1) is 0 Å². The van der Waals surface area contributed by atoms with Gasteiger partial charge in [-0.2, -0.15) is 0 Å². The number of amides is 2. The number of hydrogen-bond donors (Lipinski definition) is 2. The van der Waals surface area contributed by atoms with Gasteiger partial charge in [-0.15, -0.1) is 0 Å². The minimum atomic E-state index is -0.616. The Hall–Kier alpha value is -1.23. The highest BCUT2D eigenvalue weighted by molar-refractivity contribution is 5.89. The molecule has 74 valence electrons. The second-order valence-electron chi connectivity index (χ2n) is 2.55. The highest BCUT2D eigenvalue weighted by Gasteiger charge is 2.17. The SMILES string of the molecule is C=NC(=O)[C@H](CCN)NC(=O)CC. The van der Waals surface area contributed by atoms with Gasteiger partial charge in [0.1, 0.15) is 6.04 Å². The topological polar surface area (TPSA) is 84.6 Å². The maximum Gasteiger partial charge on any atom is 0.267 e. The van der Waals surface area contributed by atoms with Crippen LogP contribution in [0, 0.1) is 0 Å². The van der Waals surface area contributed by atoms with E-state index in [2.05, 4.69) is 17.0 Å². The lowest BCUT2D eigenvalue weighted by atomic mass is 10.2. The van der Waals surface area contributed by atoms with Crippen molar-refractivity contribution < 1.29 is 9.59 Å². The van der Waals surface area contributed by atoms with Crippen molar-refractivity contribution in [3.63, 3.8) is 0 Å². The Morgan fingerprint density at radius 3 is 2.62 bits per heavy atom. The van der Waals surface area contributed by atoms with Crippen LogP contribution in [0.1, 0.15) is 19.8 Å². The Labute approximate surface area is 77.4 Å². The summed E-state index contributed by atoms with van der Waals surface area (Å²) in [6, 6.07) is -0.616. The summed E-state index contributed by atoms with van der Waals surface area (Å²) in [5.74, 6) is -0.622. The molecule has 5 nitrogen and oxygen atoms in total. The second kappa shape index (κ2) is 6.30. The molecule has 5 heteroatoms. The fraction of sp³-hybridized carbons (Fsp3) is 0.625. The van der Waals surface area contributed by atoms with E-state index in [0.717, 1.165) is 0 Å². The summed E-state index contributed by atoms with van der Waals surface area (Å²) >= 11 is 0. The van der Waals surface area contributed by atoms with Gasteiger partial charge in [-0.05, 0) is 19.7 Å². The van der Waals surface area contributed by atoms with E-state index in [0.29, 0.717) is 19.4 Å². The molecule has 2 amide bonds. The number of carbonyl (C=O) groups excluding carboxylic acids is 2. The van der Waals surface area contributed by atoms with Crippen LogP contribution in [0.4, 0.5) is 0 Å². The Morgan fingerprint density at radius 2 is 2.23 bits per heavy atom. The number of nitrogens with zero attached hydrogens (tertiary/aromatic N) is 1. The molecule has 0 heterocycles. The average Bonchev–Trinajstić information content (AvgIpc) is 2.15. The van der Waals surface area contributed by atoms with Gasteiger partial charge >= 0.3 is 0 Å². The van der Waals surface area contributed by atoms with Crippen LogP contribution in [0.3, 0.4) is 0 Å². The summed E-state index contributed by atoms with van der Waals surface area (Å²) < 4.78 is 0. The zero-order valence-corrected chi connectivity index (χ0v) is 7.75. The molecule has 0 aromatic heterocycles. The zero-order chi connectivity index (χ0) is 10.3. The third-order valence-electron chi connectivity index (χ3n) is 1.57. The molecule has 13 heavy (non-hydrogen) atoms. The molecular weight excluding hydrogens is 170 g/mol. The molecule has 0 spiro atoms. The van der Waals surface area contributed by atoms with Crippen molar-refractivity contribution in [2.24, 2.45) is 10.7 Å². The molecule has 0 aliphatic rings. The van der Waals surface area contributed by atoms with Crippen molar-refractivity contribution in [3.05, 3.63) is 0 Å². The van der Waals surface area contributed by atoms with E-state index in [1.54, 1.807) is 6.92 Å². The summed E-state index contributed by atoms with van der Waals surface area (Å²) in [5, 5.41) is 2.52. The van der Waals surface area contributed by atoms with E-state index in [4.69, 9.17) is 5.73 Å². The van der Waals surface area contributed by atoms with Crippen molar-refractivity contribution in [1.82, 2.24) is 5.32 Å². The van der Waals surface area contributed by atoms with Gasteiger partial charge < -0.3 is 11.1 Å². The Bertz CT molecular complexity index is 204. The molecule has 0 saturated carbocycles. The van der Waals surface area contributed by atoms with Crippen LogP contribution in [0.15, 0.2) is 4.99 Å². The molecule has 0 radical (unpaired) electrons. The van der Waals surface area contributed by atoms with Gasteiger partial charge in [-0.25, -0.2) is 4.99 Å². The maximum atomic E-state index is 11.1. The minimum absolute atomic E-state index is 0.185. The highest BCUT2D eigenvalue weighted by atomic mass is 16.2. The van der Waals surface area contributed by atoms with Gasteiger partial charge in [0.25, 0.3) is 5.91 Å². The van der Waals surface area contributed by atoms with Crippen LogP contribution < -0.4 is 11.1 Å². The molecule has 0 fully saturated rings. The first-order chi connectivity index (χ1) is 6.15. The van der Waals surface area contributed by atoms with E-state index < -0.39 is 11.9 Å². The predicted octanol–water partition coefficient (Wildman–Crippen LogP) is -0.543. The zero-order valence-electron chi connectivity index (χ0n) is 7.75. The van der Waals surface area contributed by atoms with Gasteiger partial charge in [0.15, 0.2) is 0 Å². The molecule has 3 N–H and O–H groups in total. The second-order valence-corrected chi connectivity index (χ2v) is 2.55. The first kappa shape index (κ1) is 11.8. The lowest BCUT2D eigenvalue weighted by Crippen LogP contribution is -2.41. The molecule has 0 saturated heterocycles. The highest BCUT2D eigenvalue weighted by Crippen LogP contribution is 1.94. The smallest absolute Gasteiger partial charge is 0.267 e. The number of hydrogen-bond acceptors (Lipinski definition) is 3. The summed E-state index contributed by atoms with van der Waals surface area (Å²) in [7, 11) is 0. The lowest BCUT2D eigenvalue weighted by Gasteiger charge is -2.13. The number of nitrogens with two attached hydrogens (primary N) is 1. The summed E-state index contributed by atoms with van der Waals surface area (Å²) in [4.78, 5) is 25.2. The maximum absolute atomic E-state index is 11.1. The molecule has 0 aliphatic carbocycles. The Kier molecular flexibility index (Phi) is 5.71. The van der Waals surface area contributed by atoms with Crippen molar-refractivity contribution in [2.75, 3.05) is 6.54 Å². The monoisotopic (exact) mass is 185 g/mol. The molecule has 0 rings (SSSR count). The first-order valence-corrected chi connectivity index (χ1v) is 4.15. The first-order valence-electron chi connectivity index (χ1n) is 4.15. The van der Waals surface area contributed by atoms with Crippen LogP contribution in [0.25, 0.3) is 0 Å².